The first kappa shape index (κ1) is 14.8. The van der Waals surface area contributed by atoms with Gasteiger partial charge in [0.2, 0.25) is 0 Å². The maximum absolute atomic E-state index is 5.91. The number of nitrogens with zero attached hydrogens (tertiary/aromatic N) is 1. The van der Waals surface area contributed by atoms with Gasteiger partial charge in [-0.1, -0.05) is 6.07 Å². The molecule has 1 fully saturated rings. The number of ether oxygens (including phenoxy) is 1. The highest BCUT2D eigenvalue weighted by Gasteiger charge is 2.20. The second-order valence-corrected chi connectivity index (χ2v) is 6.24. The molecule has 0 amide bonds. The van der Waals surface area contributed by atoms with E-state index in [0.29, 0.717) is 5.92 Å². The van der Waals surface area contributed by atoms with Gasteiger partial charge in [-0.05, 0) is 59.3 Å². The Hall–Kier alpha value is -0.580. The molecule has 1 aromatic carbocycles. The van der Waals surface area contributed by atoms with E-state index in [-0.39, 0.29) is 6.04 Å². The summed E-state index contributed by atoms with van der Waals surface area (Å²) in [5.41, 5.74) is 8.36. The van der Waals surface area contributed by atoms with E-state index in [1.807, 2.05) is 6.92 Å². The van der Waals surface area contributed by atoms with Gasteiger partial charge in [0, 0.05) is 37.3 Å². The molecule has 1 aliphatic rings. The molecule has 1 atom stereocenters. The molecule has 3 nitrogen and oxygen atoms in total. The molecule has 1 unspecified atom stereocenters. The third-order valence-electron chi connectivity index (χ3n) is 3.86. The summed E-state index contributed by atoms with van der Waals surface area (Å²) in [6, 6.07) is 6.53. The van der Waals surface area contributed by atoms with Crippen LogP contribution in [-0.4, -0.2) is 26.8 Å². The molecule has 2 N–H and O–H groups in total. The minimum absolute atomic E-state index is 0.0813. The molecule has 0 spiro atoms. The van der Waals surface area contributed by atoms with Crippen molar-refractivity contribution in [3.63, 3.8) is 0 Å². The SMILES string of the molecule is COCC1CCN(c2ccc(C(C)N)cc2Br)CC1. The van der Waals surface area contributed by atoms with Crippen LogP contribution in [0.3, 0.4) is 0 Å². The van der Waals surface area contributed by atoms with E-state index in [0.717, 1.165) is 24.2 Å². The largest absolute Gasteiger partial charge is 0.384 e. The zero-order chi connectivity index (χ0) is 13.8. The van der Waals surface area contributed by atoms with Crippen LogP contribution in [0.15, 0.2) is 22.7 Å². The summed E-state index contributed by atoms with van der Waals surface area (Å²) in [4.78, 5) is 2.45. The summed E-state index contributed by atoms with van der Waals surface area (Å²) in [7, 11) is 1.79. The average molecular weight is 327 g/mol. The number of hydrogen-bond acceptors (Lipinski definition) is 3. The van der Waals surface area contributed by atoms with E-state index in [2.05, 4.69) is 39.0 Å². The van der Waals surface area contributed by atoms with Crippen LogP contribution in [0.1, 0.15) is 31.4 Å². The first-order chi connectivity index (χ1) is 9.11. The van der Waals surface area contributed by atoms with E-state index in [1.165, 1.54) is 24.1 Å². The Morgan fingerprint density at radius 2 is 2.11 bits per heavy atom. The van der Waals surface area contributed by atoms with Crippen molar-refractivity contribution < 1.29 is 4.74 Å². The summed E-state index contributed by atoms with van der Waals surface area (Å²) in [5, 5.41) is 0. The Labute approximate surface area is 124 Å². The van der Waals surface area contributed by atoms with Crippen LogP contribution in [0, 0.1) is 5.92 Å². The molecule has 1 aromatic rings. The van der Waals surface area contributed by atoms with Crippen molar-refractivity contribution in [3.8, 4) is 0 Å². The monoisotopic (exact) mass is 326 g/mol. The Kier molecular flexibility index (Phi) is 5.25. The van der Waals surface area contributed by atoms with Gasteiger partial charge in [0.15, 0.2) is 0 Å². The molecule has 0 radical (unpaired) electrons. The number of methoxy groups -OCH3 is 1. The highest BCUT2D eigenvalue weighted by atomic mass is 79.9. The van der Waals surface area contributed by atoms with Crippen molar-refractivity contribution in [1.82, 2.24) is 0 Å². The molecule has 0 bridgehead atoms. The highest BCUT2D eigenvalue weighted by Crippen LogP contribution is 2.31. The van der Waals surface area contributed by atoms with Crippen LogP contribution >= 0.6 is 15.9 Å². The third-order valence-corrected chi connectivity index (χ3v) is 4.49. The van der Waals surface area contributed by atoms with E-state index in [4.69, 9.17) is 10.5 Å². The van der Waals surface area contributed by atoms with E-state index < -0.39 is 0 Å². The molecule has 19 heavy (non-hydrogen) atoms. The predicted octanol–water partition coefficient (Wildman–Crippen LogP) is 3.33. The summed E-state index contributed by atoms with van der Waals surface area (Å²) >= 11 is 3.67. The van der Waals surface area contributed by atoms with Crippen molar-refractivity contribution in [3.05, 3.63) is 28.2 Å². The molecule has 2 rings (SSSR count). The topological polar surface area (TPSA) is 38.5 Å². The van der Waals surface area contributed by atoms with Crippen LogP contribution in [0.5, 0.6) is 0 Å². The molecule has 1 aliphatic heterocycles. The lowest BCUT2D eigenvalue weighted by Crippen LogP contribution is -2.35. The molecule has 1 saturated heterocycles. The fraction of sp³-hybridized carbons (Fsp3) is 0.600. The Morgan fingerprint density at radius 1 is 1.42 bits per heavy atom. The lowest BCUT2D eigenvalue weighted by Gasteiger charge is -2.34. The van der Waals surface area contributed by atoms with Crippen molar-refractivity contribution in [1.29, 1.82) is 0 Å². The fourth-order valence-corrected chi connectivity index (χ4v) is 3.29. The Morgan fingerprint density at radius 3 is 2.63 bits per heavy atom. The number of hydrogen-bond donors (Lipinski definition) is 1. The summed E-state index contributed by atoms with van der Waals surface area (Å²) in [5.74, 6) is 0.711. The molecular formula is C15H23BrN2O. The predicted molar refractivity (Wildman–Crippen MR) is 83.6 cm³/mol. The van der Waals surface area contributed by atoms with E-state index in [9.17, 15) is 0 Å². The highest BCUT2D eigenvalue weighted by molar-refractivity contribution is 9.10. The van der Waals surface area contributed by atoms with Gasteiger partial charge >= 0.3 is 0 Å². The quantitative estimate of drug-likeness (QED) is 0.922. The molecule has 0 aliphatic carbocycles. The lowest BCUT2D eigenvalue weighted by atomic mass is 9.97. The summed E-state index contributed by atoms with van der Waals surface area (Å²) in [6.45, 7) is 5.10. The van der Waals surface area contributed by atoms with Gasteiger partial charge in [0.05, 0.1) is 5.69 Å². The molecule has 0 saturated carbocycles. The second kappa shape index (κ2) is 6.73. The van der Waals surface area contributed by atoms with Gasteiger partial charge in [-0.15, -0.1) is 0 Å². The van der Waals surface area contributed by atoms with E-state index >= 15 is 0 Å². The van der Waals surface area contributed by atoms with Gasteiger partial charge in [0.25, 0.3) is 0 Å². The van der Waals surface area contributed by atoms with Gasteiger partial charge in [-0.25, -0.2) is 0 Å². The molecule has 4 heteroatoms. The summed E-state index contributed by atoms with van der Waals surface area (Å²) in [6.07, 6.45) is 2.41. The van der Waals surface area contributed by atoms with Crippen molar-refractivity contribution in [2.45, 2.75) is 25.8 Å². The fourth-order valence-electron chi connectivity index (χ4n) is 2.64. The number of benzene rings is 1. The first-order valence-corrected chi connectivity index (χ1v) is 7.70. The maximum atomic E-state index is 5.91. The molecular weight excluding hydrogens is 304 g/mol. The zero-order valence-corrected chi connectivity index (χ0v) is 13.3. The number of nitrogens with two attached hydrogens (primary N) is 1. The standard InChI is InChI=1S/C15H23BrN2O/c1-11(17)13-3-4-15(14(16)9-13)18-7-5-12(6-8-18)10-19-2/h3-4,9,11-12H,5-8,10,17H2,1-2H3. The van der Waals surface area contributed by atoms with Gasteiger partial charge in [-0.3, -0.25) is 0 Å². The molecule has 0 aromatic heterocycles. The third kappa shape index (κ3) is 3.71. The van der Waals surface area contributed by atoms with Gasteiger partial charge < -0.3 is 15.4 Å². The summed E-state index contributed by atoms with van der Waals surface area (Å²) < 4.78 is 6.39. The Balaban J connectivity index is 2.03. The Bertz CT molecular complexity index is 415. The van der Waals surface area contributed by atoms with Gasteiger partial charge in [-0.2, -0.15) is 0 Å². The lowest BCUT2D eigenvalue weighted by molar-refractivity contribution is 0.139. The van der Waals surface area contributed by atoms with Crippen LogP contribution in [0.4, 0.5) is 5.69 Å². The minimum atomic E-state index is 0.0813. The van der Waals surface area contributed by atoms with E-state index in [1.54, 1.807) is 7.11 Å². The first-order valence-electron chi connectivity index (χ1n) is 6.90. The smallest absolute Gasteiger partial charge is 0.0510 e. The zero-order valence-electron chi connectivity index (χ0n) is 11.7. The minimum Gasteiger partial charge on any atom is -0.384 e. The maximum Gasteiger partial charge on any atom is 0.0510 e. The number of anilines is 1. The number of halogens is 1. The normalized spacial score (nSPS) is 18.6. The van der Waals surface area contributed by atoms with Crippen molar-refractivity contribution in [2.75, 3.05) is 31.7 Å². The van der Waals surface area contributed by atoms with Crippen LogP contribution in [-0.2, 0) is 4.74 Å². The molecule has 106 valence electrons. The van der Waals surface area contributed by atoms with Crippen LogP contribution in [0.2, 0.25) is 0 Å². The van der Waals surface area contributed by atoms with Crippen LogP contribution < -0.4 is 10.6 Å². The van der Waals surface area contributed by atoms with Crippen molar-refractivity contribution >= 4 is 21.6 Å². The number of rotatable bonds is 4. The van der Waals surface area contributed by atoms with Gasteiger partial charge in [0.1, 0.15) is 0 Å². The number of piperidine rings is 1. The van der Waals surface area contributed by atoms with Crippen LogP contribution in [0.25, 0.3) is 0 Å². The average Bonchev–Trinajstić information content (AvgIpc) is 2.40. The van der Waals surface area contributed by atoms with Crippen molar-refractivity contribution in [2.24, 2.45) is 11.7 Å². The molecule has 1 heterocycles. The second-order valence-electron chi connectivity index (χ2n) is 5.39.